The number of nitrogens with zero attached hydrogens (tertiary/aromatic N) is 4. The number of hydrogen-bond donors (Lipinski definition) is 3. The molecule has 0 spiro atoms. The number of methoxy groups -OCH3 is 1. The summed E-state index contributed by atoms with van der Waals surface area (Å²) in [6.45, 7) is 6.53. The predicted molar refractivity (Wildman–Crippen MR) is 226 cm³/mol. The molecule has 12 nitrogen and oxygen atoms in total. The first-order valence-electron chi connectivity index (χ1n) is 20.5. The van der Waals surface area contributed by atoms with Crippen LogP contribution in [0.1, 0.15) is 76.5 Å². The molecule has 2 aliphatic rings. The minimum Gasteiger partial charge on any atom is -0.453 e. The molecule has 2 fully saturated rings. The average molecular weight is 782 g/mol. The number of ether oxygens (including phenoxy) is 2. The van der Waals surface area contributed by atoms with Crippen LogP contribution in [0.25, 0.3) is 54.7 Å². The average Bonchev–Trinajstić information content (AvgIpc) is 3.88. The molecule has 2 aromatic heterocycles. The summed E-state index contributed by atoms with van der Waals surface area (Å²) in [6.07, 6.45) is 10.8. The summed E-state index contributed by atoms with van der Waals surface area (Å²) in [6, 6.07) is 20.4. The van der Waals surface area contributed by atoms with Crippen LogP contribution in [-0.2, 0) is 25.6 Å². The molecular weight excluding hydrogens is 731 g/mol. The zero-order valence-corrected chi connectivity index (χ0v) is 33.5. The van der Waals surface area contributed by atoms with Gasteiger partial charge in [-0.25, -0.2) is 14.8 Å². The number of terminal acetylenes is 1. The molecule has 58 heavy (non-hydrogen) atoms. The topological polar surface area (TPSA) is 146 Å². The van der Waals surface area contributed by atoms with Gasteiger partial charge in [0.2, 0.25) is 11.8 Å². The van der Waals surface area contributed by atoms with E-state index in [9.17, 15) is 14.4 Å². The minimum atomic E-state index is -0.775. The molecule has 0 radical (unpaired) electrons. The highest BCUT2D eigenvalue weighted by Gasteiger charge is 2.32. The smallest absolute Gasteiger partial charge is 0.407 e. The summed E-state index contributed by atoms with van der Waals surface area (Å²) in [7, 11) is 1.27. The molecular formula is C46H51N7O5. The molecule has 2 atom stereocenters. The highest BCUT2D eigenvalue weighted by atomic mass is 16.5. The summed E-state index contributed by atoms with van der Waals surface area (Å²) < 4.78 is 10.3. The van der Waals surface area contributed by atoms with E-state index >= 15 is 0 Å². The Hall–Kier alpha value is -5.93. The van der Waals surface area contributed by atoms with Gasteiger partial charge in [-0.2, -0.15) is 0 Å². The van der Waals surface area contributed by atoms with Crippen molar-refractivity contribution in [1.29, 1.82) is 0 Å². The Balaban J connectivity index is 1.03. The lowest BCUT2D eigenvalue weighted by atomic mass is 9.94. The van der Waals surface area contributed by atoms with E-state index in [1.54, 1.807) is 4.90 Å². The van der Waals surface area contributed by atoms with E-state index in [1.165, 1.54) is 7.11 Å². The maximum Gasteiger partial charge on any atom is 0.407 e. The van der Waals surface area contributed by atoms with Crippen LogP contribution < -0.4 is 5.32 Å². The summed E-state index contributed by atoms with van der Waals surface area (Å²) in [5, 5.41) is 6.87. The molecule has 2 saturated heterocycles. The first kappa shape index (κ1) is 38.9. The molecule has 0 unspecified atom stereocenters. The van der Waals surface area contributed by atoms with Crippen molar-refractivity contribution >= 4 is 61.5 Å². The van der Waals surface area contributed by atoms with Crippen molar-refractivity contribution in [2.45, 2.75) is 77.4 Å². The summed E-state index contributed by atoms with van der Waals surface area (Å²) in [4.78, 5) is 60.1. The minimum absolute atomic E-state index is 0.0417. The molecule has 0 bridgehead atoms. The number of carbonyl (C=O) groups is 3. The number of imidazole rings is 2. The lowest BCUT2D eigenvalue weighted by Crippen LogP contribution is -2.51. The first-order chi connectivity index (χ1) is 28.2. The van der Waals surface area contributed by atoms with Crippen molar-refractivity contribution in [2.75, 3.05) is 33.4 Å². The van der Waals surface area contributed by atoms with Crippen molar-refractivity contribution in [3.63, 3.8) is 0 Å². The van der Waals surface area contributed by atoms with E-state index in [-0.39, 0.29) is 30.3 Å². The van der Waals surface area contributed by atoms with Crippen LogP contribution in [0.2, 0.25) is 0 Å². The molecule has 0 aliphatic carbocycles. The van der Waals surface area contributed by atoms with Gasteiger partial charge >= 0.3 is 6.09 Å². The van der Waals surface area contributed by atoms with E-state index in [0.717, 1.165) is 112 Å². The molecule has 8 rings (SSSR count). The Kier molecular flexibility index (Phi) is 11.3. The van der Waals surface area contributed by atoms with Crippen molar-refractivity contribution in [3.8, 4) is 23.5 Å². The van der Waals surface area contributed by atoms with Crippen molar-refractivity contribution < 1.29 is 23.9 Å². The molecule has 6 aromatic rings. The largest absolute Gasteiger partial charge is 0.453 e. The van der Waals surface area contributed by atoms with Crippen LogP contribution >= 0.6 is 0 Å². The van der Waals surface area contributed by atoms with E-state index in [0.29, 0.717) is 31.1 Å². The summed E-state index contributed by atoms with van der Waals surface area (Å²) in [5.41, 5.74) is 5.75. The molecule has 300 valence electrons. The number of alkyl carbamates (subject to hydrolysis) is 1. The maximum absolute atomic E-state index is 13.7. The van der Waals surface area contributed by atoms with Gasteiger partial charge in [0.1, 0.15) is 17.7 Å². The van der Waals surface area contributed by atoms with Gasteiger partial charge in [-0.15, -0.1) is 12.3 Å². The monoisotopic (exact) mass is 781 g/mol. The third-order valence-corrected chi connectivity index (χ3v) is 11.8. The second-order valence-electron chi connectivity index (χ2n) is 16.0. The zero-order chi connectivity index (χ0) is 40.3. The Labute approximate surface area is 338 Å². The quantitative estimate of drug-likeness (QED) is 0.113. The molecule has 4 heterocycles. The van der Waals surface area contributed by atoms with Crippen molar-refractivity contribution in [3.05, 3.63) is 72.3 Å². The number of hydrogen-bond acceptors (Lipinski definition) is 7. The van der Waals surface area contributed by atoms with E-state index in [2.05, 4.69) is 80.7 Å². The zero-order valence-electron chi connectivity index (χ0n) is 33.5. The highest BCUT2D eigenvalue weighted by molar-refractivity contribution is 6.07. The fourth-order valence-electron chi connectivity index (χ4n) is 8.64. The van der Waals surface area contributed by atoms with Crippen molar-refractivity contribution in [1.82, 2.24) is 35.1 Å². The number of rotatable bonds is 11. The fraction of sp³-hybridized carbons (Fsp3) is 0.413. The Morgan fingerprint density at radius 2 is 1.60 bits per heavy atom. The third kappa shape index (κ3) is 7.96. The lowest BCUT2D eigenvalue weighted by molar-refractivity contribution is -0.137. The van der Waals surface area contributed by atoms with Gasteiger partial charge in [0, 0.05) is 49.9 Å². The van der Waals surface area contributed by atoms with Crippen LogP contribution in [-0.4, -0.2) is 87.1 Å². The highest BCUT2D eigenvalue weighted by Crippen LogP contribution is 2.36. The normalized spacial score (nSPS) is 16.9. The first-order valence-corrected chi connectivity index (χ1v) is 20.5. The molecule has 3 amide bonds. The number of piperidine rings is 1. The molecule has 4 aromatic carbocycles. The number of H-pyrrole nitrogens is 2. The number of nitrogens with one attached hydrogen (secondary N) is 3. The third-order valence-electron chi connectivity index (χ3n) is 11.8. The van der Waals surface area contributed by atoms with Crippen LogP contribution in [0.3, 0.4) is 0 Å². The molecule has 3 N–H and O–H groups in total. The predicted octanol–water partition coefficient (Wildman–Crippen LogP) is 8.02. The fourth-order valence-corrected chi connectivity index (χ4v) is 8.64. The summed E-state index contributed by atoms with van der Waals surface area (Å²) >= 11 is 0. The van der Waals surface area contributed by atoms with Gasteiger partial charge in [0.05, 0.1) is 41.8 Å². The van der Waals surface area contributed by atoms with Gasteiger partial charge in [0.15, 0.2) is 0 Å². The van der Waals surface area contributed by atoms with E-state index < -0.39 is 12.1 Å². The number of amides is 3. The van der Waals surface area contributed by atoms with E-state index in [4.69, 9.17) is 25.9 Å². The number of likely N-dealkylation sites (tertiary alicyclic amines) is 1. The van der Waals surface area contributed by atoms with E-state index in [1.807, 2.05) is 19.9 Å². The SMILES string of the molecule is C#CCCN(Cc1nc2c(ccc3cc(-c4ccc5c(ccc6[nH]c([C@@H]7CCCCN7C(=O)CC7CCOCC7)nc65)c4)ccc32)[nH]1)C(=O)[C@@H](NC(=O)OC)C(C)C. The van der Waals surface area contributed by atoms with Gasteiger partial charge in [0.25, 0.3) is 0 Å². The number of carbonyl (C=O) groups excluding carboxylic acids is 3. The molecule has 0 saturated carbocycles. The van der Waals surface area contributed by atoms with Crippen molar-refractivity contribution in [2.24, 2.45) is 11.8 Å². The Morgan fingerprint density at radius 1 is 0.931 bits per heavy atom. The van der Waals surface area contributed by atoms with Crippen LogP contribution in [0.15, 0.2) is 60.7 Å². The van der Waals surface area contributed by atoms with Gasteiger partial charge in [-0.3, -0.25) is 9.59 Å². The van der Waals surface area contributed by atoms with Crippen LogP contribution in [0.4, 0.5) is 4.79 Å². The molecule has 2 aliphatic heterocycles. The lowest BCUT2D eigenvalue weighted by Gasteiger charge is -2.36. The Morgan fingerprint density at radius 3 is 2.26 bits per heavy atom. The standard InChI is InChI=1S/C46H51N7O5/c1-5-6-20-52(45(55)41(28(2)3)51-46(56)57-4)27-39-47-36-16-12-32-25-30(10-14-34(32)42(36)49-39)31-11-15-35-33(26-31)13-17-37-43(35)50-44(48-37)38-9-7-8-21-53(38)40(54)24-29-18-22-58-23-19-29/h1,10-17,25-26,28-29,38,41H,6-9,18-24,27H2,2-4H3,(H,47,49)(H,48,50)(H,51,56)/t38-,41-/m0/s1. The van der Waals surface area contributed by atoms with Crippen LogP contribution in [0.5, 0.6) is 0 Å². The number of aromatic amines is 2. The molecule has 12 heteroatoms. The summed E-state index contributed by atoms with van der Waals surface area (Å²) in [5.74, 6) is 4.32. The van der Waals surface area contributed by atoms with Gasteiger partial charge in [-0.05, 0) is 90.1 Å². The van der Waals surface area contributed by atoms with Crippen LogP contribution in [0, 0.1) is 24.2 Å². The number of aromatic nitrogens is 4. The second kappa shape index (κ2) is 16.9. The second-order valence-corrected chi connectivity index (χ2v) is 16.0. The number of fused-ring (bicyclic) bond motifs is 6. The van der Waals surface area contributed by atoms with Gasteiger partial charge < -0.3 is 34.6 Å². The maximum atomic E-state index is 13.7. The number of benzene rings is 4. The van der Waals surface area contributed by atoms with Gasteiger partial charge in [-0.1, -0.05) is 50.2 Å². The Bertz CT molecular complexity index is 2530.